The Kier molecular flexibility index (Phi) is 5.45. The van der Waals surface area contributed by atoms with E-state index in [-0.39, 0.29) is 23.8 Å². The highest BCUT2D eigenvalue weighted by atomic mass is 32.2. The molecule has 2 aromatic rings. The van der Waals surface area contributed by atoms with Gasteiger partial charge >= 0.3 is 0 Å². The molecule has 1 fully saturated rings. The monoisotopic (exact) mass is 427 g/mol. The summed E-state index contributed by atoms with van der Waals surface area (Å²) in [4.78, 5) is 19.0. The molecular formula is C23H29N3O3S. The van der Waals surface area contributed by atoms with Crippen LogP contribution in [0.25, 0.3) is 0 Å². The summed E-state index contributed by atoms with van der Waals surface area (Å²) >= 11 is 0. The van der Waals surface area contributed by atoms with Crippen LogP contribution in [0.5, 0.6) is 0 Å². The van der Waals surface area contributed by atoms with E-state index in [9.17, 15) is 13.2 Å². The van der Waals surface area contributed by atoms with Crippen molar-refractivity contribution < 1.29 is 13.2 Å². The molecule has 2 aliphatic rings. The molecule has 2 heterocycles. The molecule has 1 aromatic heterocycles. The topological polar surface area (TPSA) is 70.6 Å². The smallest absolute Gasteiger partial charge is 0.243 e. The van der Waals surface area contributed by atoms with E-state index in [2.05, 4.69) is 9.88 Å². The van der Waals surface area contributed by atoms with Crippen molar-refractivity contribution in [2.75, 3.05) is 18.0 Å². The number of fused-ring (bicyclic) bond motifs is 1. The third-order valence-corrected chi connectivity index (χ3v) is 8.49. The van der Waals surface area contributed by atoms with Crippen LogP contribution in [0.3, 0.4) is 0 Å². The Morgan fingerprint density at radius 3 is 2.50 bits per heavy atom. The highest BCUT2D eigenvalue weighted by Crippen LogP contribution is 2.35. The van der Waals surface area contributed by atoms with Crippen LogP contribution in [0.15, 0.2) is 41.4 Å². The van der Waals surface area contributed by atoms with E-state index in [1.54, 1.807) is 23.4 Å². The highest BCUT2D eigenvalue weighted by molar-refractivity contribution is 7.89. The molecule has 160 valence electrons. The second-order valence-electron chi connectivity index (χ2n) is 8.73. The van der Waals surface area contributed by atoms with Gasteiger partial charge in [-0.25, -0.2) is 13.4 Å². The van der Waals surface area contributed by atoms with E-state index in [1.807, 2.05) is 45.2 Å². The third-order valence-electron chi connectivity index (χ3n) is 6.43. The van der Waals surface area contributed by atoms with Crippen molar-refractivity contribution in [2.24, 2.45) is 5.92 Å². The summed E-state index contributed by atoms with van der Waals surface area (Å²) in [5.41, 5.74) is 2.90. The molecule has 0 bridgehead atoms. The second kappa shape index (κ2) is 7.78. The average Bonchev–Trinajstić information content (AvgIpc) is 3.14. The summed E-state index contributed by atoms with van der Waals surface area (Å²) < 4.78 is 29.0. The van der Waals surface area contributed by atoms with E-state index < -0.39 is 10.0 Å². The molecule has 0 amide bonds. The summed E-state index contributed by atoms with van der Waals surface area (Å²) in [7, 11) is -3.66. The fraction of sp³-hybridized carbons (Fsp3) is 0.478. The molecule has 4 rings (SSSR count). The van der Waals surface area contributed by atoms with Crippen LogP contribution < -0.4 is 4.90 Å². The van der Waals surface area contributed by atoms with Crippen molar-refractivity contribution in [3.63, 3.8) is 0 Å². The molecule has 3 atom stereocenters. The van der Waals surface area contributed by atoms with Crippen molar-refractivity contribution in [1.29, 1.82) is 0 Å². The van der Waals surface area contributed by atoms with Crippen LogP contribution in [-0.2, 0) is 27.7 Å². The van der Waals surface area contributed by atoms with Crippen molar-refractivity contribution >= 4 is 21.6 Å². The number of anilines is 1. The Hall–Kier alpha value is -2.25. The summed E-state index contributed by atoms with van der Waals surface area (Å²) in [6.45, 7) is 8.57. The van der Waals surface area contributed by atoms with Crippen LogP contribution >= 0.6 is 0 Å². The minimum Gasteiger partial charge on any atom is -0.351 e. The third kappa shape index (κ3) is 3.65. The molecule has 0 radical (unpaired) electrons. The van der Waals surface area contributed by atoms with E-state index in [4.69, 9.17) is 0 Å². The fourth-order valence-corrected chi connectivity index (χ4v) is 6.63. The molecule has 7 heteroatoms. The number of aromatic nitrogens is 1. The van der Waals surface area contributed by atoms with E-state index in [0.29, 0.717) is 30.8 Å². The lowest BCUT2D eigenvalue weighted by molar-refractivity contribution is -0.120. The van der Waals surface area contributed by atoms with Crippen LogP contribution in [0.2, 0.25) is 0 Å². The van der Waals surface area contributed by atoms with Crippen molar-refractivity contribution in [3.05, 3.63) is 53.2 Å². The van der Waals surface area contributed by atoms with Gasteiger partial charge in [0.05, 0.1) is 4.90 Å². The zero-order chi connectivity index (χ0) is 21.6. The molecule has 0 saturated carbocycles. The Morgan fingerprint density at radius 2 is 1.83 bits per heavy atom. The molecule has 0 N–H and O–H groups in total. The summed E-state index contributed by atoms with van der Waals surface area (Å²) in [5, 5.41) is 0. The van der Waals surface area contributed by atoms with Gasteiger partial charge in [0.15, 0.2) is 0 Å². The first-order chi connectivity index (χ1) is 14.2. The maximum atomic E-state index is 13.7. The first-order valence-electron chi connectivity index (χ1n) is 10.5. The van der Waals surface area contributed by atoms with Crippen LogP contribution in [0.1, 0.15) is 37.5 Å². The molecule has 1 aromatic carbocycles. The largest absolute Gasteiger partial charge is 0.351 e. The summed E-state index contributed by atoms with van der Waals surface area (Å²) in [6, 6.07) is 9.29. The number of rotatable bonds is 4. The van der Waals surface area contributed by atoms with E-state index in [1.165, 1.54) is 0 Å². The molecule has 1 unspecified atom stereocenters. The zero-order valence-electron chi connectivity index (χ0n) is 18.0. The maximum absolute atomic E-state index is 13.7. The van der Waals surface area contributed by atoms with Gasteiger partial charge in [0.1, 0.15) is 11.6 Å². The lowest BCUT2D eigenvalue weighted by atomic mass is 10.0. The number of nitrogens with zero attached hydrogens (tertiary/aromatic N) is 3. The first kappa shape index (κ1) is 21.0. The number of carbonyl (C=O) groups is 1. The van der Waals surface area contributed by atoms with Gasteiger partial charge in [-0.3, -0.25) is 4.79 Å². The molecule has 6 nitrogen and oxygen atoms in total. The minimum absolute atomic E-state index is 0.00732. The number of sulfonamides is 1. The number of hydrogen-bond acceptors (Lipinski definition) is 5. The Bertz CT molecular complexity index is 1070. The number of pyridine rings is 1. The number of carbonyl (C=O) groups excluding carboxylic acids is 1. The lowest BCUT2D eigenvalue weighted by Gasteiger charge is -2.44. The number of aryl methyl sites for hydroxylation is 1. The van der Waals surface area contributed by atoms with Crippen LogP contribution in [-0.4, -0.2) is 48.7 Å². The van der Waals surface area contributed by atoms with Gasteiger partial charge in [-0.1, -0.05) is 18.2 Å². The summed E-state index contributed by atoms with van der Waals surface area (Å²) in [5.74, 6) is 0.884. The minimum atomic E-state index is -3.66. The normalized spacial score (nSPS) is 24.7. The molecule has 1 aliphatic heterocycles. The molecule has 0 spiro atoms. The van der Waals surface area contributed by atoms with Crippen molar-refractivity contribution in [1.82, 2.24) is 9.29 Å². The van der Waals surface area contributed by atoms with Crippen LogP contribution in [0, 0.1) is 12.8 Å². The van der Waals surface area contributed by atoms with Gasteiger partial charge in [0.25, 0.3) is 0 Å². The number of benzene rings is 1. The van der Waals surface area contributed by atoms with Crippen molar-refractivity contribution in [3.8, 4) is 0 Å². The number of ketones is 1. The predicted molar refractivity (Wildman–Crippen MR) is 117 cm³/mol. The molecular weight excluding hydrogens is 398 g/mol. The SMILES string of the molecule is CC(=O)C1Cc2cccc(S(=O)(=O)N3C[C@H](C)N(c4ccc(C)cn4)C[C@@H]3C)c2C1. The van der Waals surface area contributed by atoms with Gasteiger partial charge in [0, 0.05) is 37.3 Å². The average molecular weight is 428 g/mol. The molecule has 1 saturated heterocycles. The maximum Gasteiger partial charge on any atom is 0.243 e. The van der Waals surface area contributed by atoms with Gasteiger partial charge in [-0.2, -0.15) is 4.31 Å². The number of piperazine rings is 1. The van der Waals surface area contributed by atoms with E-state index in [0.717, 1.165) is 22.5 Å². The van der Waals surface area contributed by atoms with Gasteiger partial charge in [0.2, 0.25) is 10.0 Å². The van der Waals surface area contributed by atoms with Gasteiger partial charge in [-0.15, -0.1) is 0 Å². The summed E-state index contributed by atoms with van der Waals surface area (Å²) in [6.07, 6.45) is 2.98. The van der Waals surface area contributed by atoms with Crippen LogP contribution in [0.4, 0.5) is 5.82 Å². The number of Topliss-reactive ketones (excluding diaryl/α,β-unsaturated/α-hetero) is 1. The first-order valence-corrected chi connectivity index (χ1v) is 11.9. The Labute approximate surface area is 179 Å². The predicted octanol–water partition coefficient (Wildman–Crippen LogP) is 2.98. The molecule has 30 heavy (non-hydrogen) atoms. The molecule has 1 aliphatic carbocycles. The van der Waals surface area contributed by atoms with Crippen molar-refractivity contribution in [2.45, 2.75) is 57.5 Å². The van der Waals surface area contributed by atoms with Gasteiger partial charge < -0.3 is 4.90 Å². The number of hydrogen-bond donors (Lipinski definition) is 0. The Morgan fingerprint density at radius 1 is 1.07 bits per heavy atom. The standard InChI is InChI=1S/C23H29N3O3S/c1-15-8-9-23(24-12-15)25-13-17(3)26(14-16(25)2)30(28,29)22-7-5-6-19-10-20(18(4)27)11-21(19)22/h5-9,12,16-17,20H,10-11,13-14H2,1-4H3/t16-,17-,20?/m0/s1. The fourth-order valence-electron chi connectivity index (χ4n) is 4.65. The lowest BCUT2D eigenvalue weighted by Crippen LogP contribution is -2.58. The van der Waals surface area contributed by atoms with E-state index >= 15 is 0 Å². The zero-order valence-corrected chi connectivity index (χ0v) is 18.8. The van der Waals surface area contributed by atoms with Gasteiger partial charge in [-0.05, 0) is 69.4 Å². The quantitative estimate of drug-likeness (QED) is 0.750. The highest BCUT2D eigenvalue weighted by Gasteiger charge is 2.40. The second-order valence-corrected chi connectivity index (χ2v) is 10.6. The Balaban J connectivity index is 1.62.